The number of esters is 1. The van der Waals surface area contributed by atoms with Gasteiger partial charge in [0.2, 0.25) is 0 Å². The second-order valence-corrected chi connectivity index (χ2v) is 7.59. The Morgan fingerprint density at radius 1 is 1.31 bits per heavy atom. The van der Waals surface area contributed by atoms with Gasteiger partial charge in [0, 0.05) is 6.08 Å². The second-order valence-electron chi connectivity index (χ2n) is 5.70. The van der Waals surface area contributed by atoms with Crippen molar-refractivity contribution in [3.05, 3.63) is 33.2 Å². The lowest BCUT2D eigenvalue weighted by molar-refractivity contribution is -0.135. The number of unbranched alkanes of at least 4 members (excludes halogenated alkanes) is 1. The highest BCUT2D eigenvalue weighted by Gasteiger charge is 2.25. The fourth-order valence-electron chi connectivity index (χ4n) is 2.17. The summed E-state index contributed by atoms with van der Waals surface area (Å²) in [6.07, 6.45) is 4.63. The van der Waals surface area contributed by atoms with Gasteiger partial charge in [0.1, 0.15) is 0 Å². The number of thioether (sulfide) groups is 1. The molecule has 0 spiro atoms. The van der Waals surface area contributed by atoms with E-state index in [1.807, 2.05) is 19.1 Å². The molecular formula is C19H22BrN3O5S. The molecule has 1 heterocycles. The number of nitrogens with one attached hydrogen (secondary N) is 1. The van der Waals surface area contributed by atoms with Gasteiger partial charge >= 0.3 is 5.97 Å². The molecule has 0 aliphatic carbocycles. The molecule has 29 heavy (non-hydrogen) atoms. The molecule has 1 amide bonds. The molecule has 1 saturated heterocycles. The van der Waals surface area contributed by atoms with Crippen LogP contribution in [0.1, 0.15) is 32.3 Å². The second kappa shape index (κ2) is 11.6. The summed E-state index contributed by atoms with van der Waals surface area (Å²) in [5.74, 6) is 0.227. The summed E-state index contributed by atoms with van der Waals surface area (Å²) in [5.41, 5.74) is 0.743. The third kappa shape index (κ3) is 6.90. The van der Waals surface area contributed by atoms with Gasteiger partial charge in [-0.05, 0) is 58.7 Å². The molecular weight excluding hydrogens is 462 g/mol. The number of ether oxygens (including phenoxy) is 3. The van der Waals surface area contributed by atoms with Crippen molar-refractivity contribution < 1.29 is 23.8 Å². The van der Waals surface area contributed by atoms with Gasteiger partial charge < -0.3 is 14.2 Å². The monoisotopic (exact) mass is 483 g/mol. The molecule has 8 nitrogen and oxygen atoms in total. The Kier molecular flexibility index (Phi) is 9.20. The fourth-order valence-corrected chi connectivity index (χ4v) is 3.49. The lowest BCUT2D eigenvalue weighted by atomic mass is 10.2. The first-order valence-corrected chi connectivity index (χ1v) is 10.6. The minimum absolute atomic E-state index is 0.195. The minimum Gasteiger partial charge on any atom is -0.490 e. The molecule has 2 rings (SSSR count). The lowest BCUT2D eigenvalue weighted by Gasteiger charge is -2.14. The average molecular weight is 484 g/mol. The predicted octanol–water partition coefficient (Wildman–Crippen LogP) is 3.64. The Hall–Kier alpha value is -2.33. The minimum atomic E-state index is -0.609. The van der Waals surface area contributed by atoms with Crippen LogP contribution in [0.5, 0.6) is 11.5 Å². The van der Waals surface area contributed by atoms with Crippen LogP contribution in [-0.2, 0) is 14.3 Å². The third-order valence-electron chi connectivity index (χ3n) is 3.53. The summed E-state index contributed by atoms with van der Waals surface area (Å²) in [7, 11) is 1.24. The number of amides is 1. The Balaban J connectivity index is 2.14. The standard InChI is InChI=1S/C19H22BrN3O5S/c1-4-6-7-28-17-13(20)8-12(9-14(17)27-5-2)11-21-23-19-22-18(25)15(29-19)10-16(24)26-3/h8-11H,4-7H2,1-3H3,(H,22,23,25)/b15-10+,21-11?. The summed E-state index contributed by atoms with van der Waals surface area (Å²) in [5, 5.41) is 10.8. The van der Waals surface area contributed by atoms with Crippen molar-refractivity contribution in [2.45, 2.75) is 26.7 Å². The van der Waals surface area contributed by atoms with Gasteiger partial charge in [-0.25, -0.2) is 4.79 Å². The highest BCUT2D eigenvalue weighted by Crippen LogP contribution is 2.36. The zero-order valence-corrected chi connectivity index (χ0v) is 18.8. The Morgan fingerprint density at radius 3 is 2.79 bits per heavy atom. The number of hydrogen-bond acceptors (Lipinski definition) is 8. The van der Waals surface area contributed by atoms with Crippen molar-refractivity contribution in [3.63, 3.8) is 0 Å². The van der Waals surface area contributed by atoms with Crippen molar-refractivity contribution >= 4 is 51.0 Å². The van der Waals surface area contributed by atoms with Crippen LogP contribution in [0.2, 0.25) is 0 Å². The van der Waals surface area contributed by atoms with Crippen LogP contribution in [0, 0.1) is 0 Å². The first kappa shape index (κ1) is 23.0. The van der Waals surface area contributed by atoms with Crippen LogP contribution < -0.4 is 14.8 Å². The van der Waals surface area contributed by atoms with Gasteiger partial charge in [-0.3, -0.25) is 10.1 Å². The highest BCUT2D eigenvalue weighted by atomic mass is 79.9. The fraction of sp³-hybridized carbons (Fsp3) is 0.368. The normalized spacial score (nSPS) is 16.5. The molecule has 0 radical (unpaired) electrons. The van der Waals surface area contributed by atoms with E-state index < -0.39 is 11.9 Å². The summed E-state index contributed by atoms with van der Waals surface area (Å²) in [6.45, 7) is 5.10. The van der Waals surface area contributed by atoms with Gasteiger partial charge in [-0.15, -0.1) is 5.10 Å². The molecule has 1 N–H and O–H groups in total. The summed E-state index contributed by atoms with van der Waals surface area (Å²) in [4.78, 5) is 23.3. The van der Waals surface area contributed by atoms with E-state index in [1.165, 1.54) is 13.3 Å². The SMILES string of the molecule is CCCCOc1c(Br)cc(C=N/N=C2/NC(=O)/C(=C\C(=O)OC)S2)cc1OCC. The summed E-state index contributed by atoms with van der Waals surface area (Å²) in [6, 6.07) is 3.65. The van der Waals surface area contributed by atoms with E-state index in [0.29, 0.717) is 24.7 Å². The maximum atomic E-state index is 11.8. The zero-order valence-electron chi connectivity index (χ0n) is 16.4. The number of nitrogens with zero attached hydrogens (tertiary/aromatic N) is 2. The predicted molar refractivity (Wildman–Crippen MR) is 117 cm³/mol. The van der Waals surface area contributed by atoms with Gasteiger partial charge in [-0.2, -0.15) is 5.10 Å². The molecule has 1 aliphatic rings. The van der Waals surface area contributed by atoms with Crippen LogP contribution in [0.3, 0.4) is 0 Å². The maximum absolute atomic E-state index is 11.8. The van der Waals surface area contributed by atoms with Gasteiger partial charge in [0.15, 0.2) is 16.7 Å². The zero-order chi connectivity index (χ0) is 21.2. The van der Waals surface area contributed by atoms with E-state index >= 15 is 0 Å². The number of amidine groups is 1. The molecule has 1 aromatic rings. The van der Waals surface area contributed by atoms with E-state index in [4.69, 9.17) is 9.47 Å². The maximum Gasteiger partial charge on any atom is 0.331 e. The Labute approximate surface area is 181 Å². The molecule has 1 aliphatic heterocycles. The molecule has 0 atom stereocenters. The number of carbonyl (C=O) groups excluding carboxylic acids is 2. The van der Waals surface area contributed by atoms with E-state index in [0.717, 1.165) is 40.7 Å². The van der Waals surface area contributed by atoms with Crippen LogP contribution in [0.15, 0.2) is 37.8 Å². The number of halogens is 1. The molecule has 1 aromatic carbocycles. The summed E-state index contributed by atoms with van der Waals surface area (Å²) < 4.78 is 16.8. The molecule has 0 unspecified atom stereocenters. The van der Waals surface area contributed by atoms with Crippen molar-refractivity contribution in [2.75, 3.05) is 20.3 Å². The number of benzene rings is 1. The quantitative estimate of drug-likeness (QED) is 0.189. The Morgan fingerprint density at radius 2 is 2.10 bits per heavy atom. The van der Waals surface area contributed by atoms with Gasteiger partial charge in [-0.1, -0.05) is 13.3 Å². The van der Waals surface area contributed by atoms with Gasteiger partial charge in [0.05, 0.1) is 35.9 Å². The van der Waals surface area contributed by atoms with Crippen molar-refractivity contribution in [3.8, 4) is 11.5 Å². The van der Waals surface area contributed by atoms with E-state index in [9.17, 15) is 9.59 Å². The lowest BCUT2D eigenvalue weighted by Crippen LogP contribution is -2.19. The van der Waals surface area contributed by atoms with Crippen molar-refractivity contribution in [1.82, 2.24) is 5.32 Å². The third-order valence-corrected chi connectivity index (χ3v) is 5.02. The van der Waals surface area contributed by atoms with E-state index in [2.05, 4.69) is 43.1 Å². The topological polar surface area (TPSA) is 98.6 Å². The molecule has 1 fully saturated rings. The van der Waals surface area contributed by atoms with Crippen LogP contribution >= 0.6 is 27.7 Å². The molecule has 0 saturated carbocycles. The first-order valence-electron chi connectivity index (χ1n) is 8.97. The number of methoxy groups -OCH3 is 1. The van der Waals surface area contributed by atoms with Crippen LogP contribution in [0.4, 0.5) is 0 Å². The average Bonchev–Trinajstić information content (AvgIpc) is 3.03. The molecule has 156 valence electrons. The molecule has 10 heteroatoms. The summed E-state index contributed by atoms with van der Waals surface area (Å²) >= 11 is 4.52. The first-order chi connectivity index (χ1) is 14.0. The van der Waals surface area contributed by atoms with E-state index in [1.54, 1.807) is 0 Å². The van der Waals surface area contributed by atoms with Crippen molar-refractivity contribution in [1.29, 1.82) is 0 Å². The smallest absolute Gasteiger partial charge is 0.331 e. The van der Waals surface area contributed by atoms with Crippen LogP contribution in [0.25, 0.3) is 0 Å². The van der Waals surface area contributed by atoms with Crippen LogP contribution in [-0.4, -0.2) is 43.6 Å². The van der Waals surface area contributed by atoms with Gasteiger partial charge in [0.25, 0.3) is 5.91 Å². The van der Waals surface area contributed by atoms with Crippen molar-refractivity contribution in [2.24, 2.45) is 10.2 Å². The molecule has 0 aromatic heterocycles. The Bertz CT molecular complexity index is 854. The van der Waals surface area contributed by atoms with E-state index in [-0.39, 0.29) is 10.1 Å². The highest BCUT2D eigenvalue weighted by molar-refractivity contribution is 9.10. The number of carbonyl (C=O) groups is 2. The molecule has 0 bridgehead atoms. The largest absolute Gasteiger partial charge is 0.490 e. The number of rotatable bonds is 9. The number of hydrogen-bond donors (Lipinski definition) is 1.